The maximum atomic E-state index is 6.13. The number of hydrogen-bond acceptors (Lipinski definition) is 4. The van der Waals surface area contributed by atoms with Crippen LogP contribution in [0.3, 0.4) is 0 Å². The Kier molecular flexibility index (Phi) is 5.07. The van der Waals surface area contributed by atoms with Crippen LogP contribution < -0.4 is 11.5 Å². The van der Waals surface area contributed by atoms with Gasteiger partial charge in [-0.05, 0) is 48.4 Å². The van der Waals surface area contributed by atoms with Gasteiger partial charge in [0.15, 0.2) is 0 Å². The lowest BCUT2D eigenvalue weighted by atomic mass is 10.1. The van der Waals surface area contributed by atoms with Crippen LogP contribution in [-0.2, 0) is 6.42 Å². The Bertz CT molecular complexity index is 530. The van der Waals surface area contributed by atoms with Crippen molar-refractivity contribution >= 4 is 29.2 Å². The van der Waals surface area contributed by atoms with E-state index in [4.69, 9.17) is 23.1 Å². The Morgan fingerprint density at radius 1 is 1.21 bits per heavy atom. The fraction of sp³-hybridized carbons (Fsp3) is 0.214. The van der Waals surface area contributed by atoms with E-state index in [2.05, 4.69) is 4.98 Å². The normalized spacial score (nSPS) is 12.3. The number of aromatic nitrogens is 1. The molecule has 1 unspecified atom stereocenters. The van der Waals surface area contributed by atoms with Gasteiger partial charge in [-0.1, -0.05) is 11.6 Å². The maximum Gasteiger partial charge on any atom is 0.123 e. The second-order valence-corrected chi connectivity index (χ2v) is 5.85. The van der Waals surface area contributed by atoms with Gasteiger partial charge in [-0.15, -0.1) is 11.8 Å². The highest BCUT2D eigenvalue weighted by Crippen LogP contribution is 2.21. The van der Waals surface area contributed by atoms with E-state index in [9.17, 15) is 0 Å². The van der Waals surface area contributed by atoms with Gasteiger partial charge in [0.1, 0.15) is 5.82 Å². The van der Waals surface area contributed by atoms with E-state index in [0.29, 0.717) is 5.82 Å². The van der Waals surface area contributed by atoms with E-state index in [-0.39, 0.29) is 6.04 Å². The van der Waals surface area contributed by atoms with Gasteiger partial charge < -0.3 is 11.5 Å². The van der Waals surface area contributed by atoms with E-state index in [1.807, 2.05) is 36.4 Å². The number of halogens is 1. The number of nitrogens with two attached hydrogens (primary N) is 2. The molecule has 100 valence electrons. The minimum Gasteiger partial charge on any atom is -0.384 e. The van der Waals surface area contributed by atoms with Crippen LogP contribution in [0.4, 0.5) is 5.82 Å². The third kappa shape index (κ3) is 4.74. The predicted octanol–water partition coefficient (Wildman–Crippen LogP) is 2.98. The van der Waals surface area contributed by atoms with Crippen molar-refractivity contribution in [1.82, 2.24) is 4.98 Å². The summed E-state index contributed by atoms with van der Waals surface area (Å²) >= 11 is 7.57. The highest BCUT2D eigenvalue weighted by molar-refractivity contribution is 7.99. The lowest BCUT2D eigenvalue weighted by Gasteiger charge is -2.11. The number of pyridine rings is 1. The van der Waals surface area contributed by atoms with Crippen molar-refractivity contribution in [3.8, 4) is 0 Å². The fourth-order valence-corrected chi connectivity index (χ4v) is 2.70. The molecule has 0 saturated heterocycles. The fourth-order valence-electron chi connectivity index (χ4n) is 1.72. The Balaban J connectivity index is 1.84. The van der Waals surface area contributed by atoms with Gasteiger partial charge in [-0.2, -0.15) is 0 Å². The van der Waals surface area contributed by atoms with Gasteiger partial charge in [0.25, 0.3) is 0 Å². The highest BCUT2D eigenvalue weighted by atomic mass is 35.5. The van der Waals surface area contributed by atoms with E-state index < -0.39 is 0 Å². The number of benzene rings is 1. The smallest absolute Gasteiger partial charge is 0.123 e. The summed E-state index contributed by atoms with van der Waals surface area (Å²) in [7, 11) is 0. The molecule has 0 aliphatic carbocycles. The second kappa shape index (κ2) is 6.80. The SMILES string of the molecule is Nc1cc(CC(N)CSc2ccc(Cl)cc2)ccn1. The van der Waals surface area contributed by atoms with Gasteiger partial charge in [0.2, 0.25) is 0 Å². The minimum absolute atomic E-state index is 0.0856. The third-order valence-corrected chi connectivity index (χ3v) is 4.07. The molecule has 0 radical (unpaired) electrons. The Morgan fingerprint density at radius 3 is 2.63 bits per heavy atom. The molecular formula is C14H16ClN3S. The predicted molar refractivity (Wildman–Crippen MR) is 82.5 cm³/mol. The summed E-state index contributed by atoms with van der Waals surface area (Å²) in [5, 5.41) is 0.751. The summed E-state index contributed by atoms with van der Waals surface area (Å²) in [5.74, 6) is 1.39. The number of rotatable bonds is 5. The minimum atomic E-state index is 0.0856. The molecule has 5 heteroatoms. The Morgan fingerprint density at radius 2 is 1.95 bits per heavy atom. The van der Waals surface area contributed by atoms with Crippen molar-refractivity contribution in [3.05, 3.63) is 53.2 Å². The topological polar surface area (TPSA) is 64.9 Å². The largest absolute Gasteiger partial charge is 0.384 e. The third-order valence-electron chi connectivity index (χ3n) is 2.62. The quantitative estimate of drug-likeness (QED) is 0.832. The Labute approximate surface area is 122 Å². The van der Waals surface area contributed by atoms with Crippen molar-refractivity contribution in [2.75, 3.05) is 11.5 Å². The average Bonchev–Trinajstić information content (AvgIpc) is 2.38. The molecule has 4 N–H and O–H groups in total. The van der Waals surface area contributed by atoms with Crippen LogP contribution in [0.25, 0.3) is 0 Å². The van der Waals surface area contributed by atoms with Crippen LogP contribution in [0.5, 0.6) is 0 Å². The monoisotopic (exact) mass is 293 g/mol. The van der Waals surface area contributed by atoms with Crippen LogP contribution in [0, 0.1) is 0 Å². The standard InChI is InChI=1S/C14H16ClN3S/c15-11-1-3-13(4-2-11)19-9-12(16)7-10-5-6-18-14(17)8-10/h1-6,8,12H,7,9,16H2,(H2,17,18). The van der Waals surface area contributed by atoms with Crippen LogP contribution >= 0.6 is 23.4 Å². The van der Waals surface area contributed by atoms with Gasteiger partial charge in [0, 0.05) is 27.9 Å². The van der Waals surface area contributed by atoms with Crippen LogP contribution in [0.15, 0.2) is 47.5 Å². The number of nitrogens with zero attached hydrogens (tertiary/aromatic N) is 1. The second-order valence-electron chi connectivity index (χ2n) is 4.32. The number of nitrogen functional groups attached to an aromatic ring is 1. The number of hydrogen-bond donors (Lipinski definition) is 2. The molecule has 0 aliphatic heterocycles. The summed E-state index contributed by atoms with van der Waals surface area (Å²) < 4.78 is 0. The first-order valence-corrected chi connectivity index (χ1v) is 7.34. The van der Waals surface area contributed by atoms with Crippen LogP contribution in [0.1, 0.15) is 5.56 Å². The molecule has 0 bridgehead atoms. The van der Waals surface area contributed by atoms with Crippen molar-refractivity contribution in [2.24, 2.45) is 5.73 Å². The molecule has 0 spiro atoms. The molecule has 1 atom stereocenters. The first kappa shape index (κ1) is 14.2. The zero-order chi connectivity index (χ0) is 13.7. The van der Waals surface area contributed by atoms with E-state index in [1.54, 1.807) is 18.0 Å². The van der Waals surface area contributed by atoms with E-state index >= 15 is 0 Å². The Hall–Kier alpha value is -1.23. The van der Waals surface area contributed by atoms with Crippen molar-refractivity contribution in [3.63, 3.8) is 0 Å². The first-order valence-electron chi connectivity index (χ1n) is 5.98. The molecule has 19 heavy (non-hydrogen) atoms. The van der Waals surface area contributed by atoms with Crippen molar-refractivity contribution < 1.29 is 0 Å². The molecule has 1 aromatic carbocycles. The molecule has 0 amide bonds. The summed E-state index contributed by atoms with van der Waals surface area (Å²) in [5.41, 5.74) is 12.9. The first-order chi connectivity index (χ1) is 9.13. The summed E-state index contributed by atoms with van der Waals surface area (Å²) in [6.45, 7) is 0. The molecule has 0 aliphatic rings. The zero-order valence-electron chi connectivity index (χ0n) is 10.4. The van der Waals surface area contributed by atoms with Crippen molar-refractivity contribution in [1.29, 1.82) is 0 Å². The van der Waals surface area contributed by atoms with E-state index in [0.717, 1.165) is 22.8 Å². The molecular weight excluding hydrogens is 278 g/mol. The van der Waals surface area contributed by atoms with Crippen LogP contribution in [0.2, 0.25) is 5.02 Å². The van der Waals surface area contributed by atoms with Gasteiger partial charge in [0.05, 0.1) is 0 Å². The van der Waals surface area contributed by atoms with Gasteiger partial charge in [-0.25, -0.2) is 4.98 Å². The lowest BCUT2D eigenvalue weighted by Crippen LogP contribution is -2.25. The summed E-state index contributed by atoms with van der Waals surface area (Å²) in [6, 6.07) is 11.7. The zero-order valence-corrected chi connectivity index (χ0v) is 12.0. The van der Waals surface area contributed by atoms with Crippen LogP contribution in [-0.4, -0.2) is 16.8 Å². The molecule has 1 aromatic heterocycles. The molecule has 2 rings (SSSR count). The molecule has 1 heterocycles. The lowest BCUT2D eigenvalue weighted by molar-refractivity contribution is 0.748. The van der Waals surface area contributed by atoms with E-state index in [1.165, 1.54) is 4.90 Å². The van der Waals surface area contributed by atoms with Gasteiger partial charge >= 0.3 is 0 Å². The molecule has 2 aromatic rings. The summed E-state index contributed by atoms with van der Waals surface area (Å²) in [6.07, 6.45) is 2.51. The number of anilines is 1. The molecule has 3 nitrogen and oxygen atoms in total. The average molecular weight is 294 g/mol. The molecule has 0 fully saturated rings. The number of thioether (sulfide) groups is 1. The highest BCUT2D eigenvalue weighted by Gasteiger charge is 2.06. The molecule has 0 saturated carbocycles. The maximum absolute atomic E-state index is 6.13. The summed E-state index contributed by atoms with van der Waals surface area (Å²) in [4.78, 5) is 5.14. The van der Waals surface area contributed by atoms with Crippen molar-refractivity contribution in [2.45, 2.75) is 17.4 Å². The van der Waals surface area contributed by atoms with Gasteiger partial charge in [-0.3, -0.25) is 0 Å².